The summed E-state index contributed by atoms with van der Waals surface area (Å²) in [6.07, 6.45) is 2.99. The van der Waals surface area contributed by atoms with E-state index < -0.39 is 23.7 Å². The molecular formula is C22H24ClNO6. The maximum atomic E-state index is 12.8. The quantitative estimate of drug-likeness (QED) is 0.400. The number of hydrogen-bond acceptors (Lipinski definition) is 6. The van der Waals surface area contributed by atoms with Crippen molar-refractivity contribution in [2.75, 3.05) is 6.54 Å². The summed E-state index contributed by atoms with van der Waals surface area (Å²) in [5.74, 6) is -0.491. The predicted molar refractivity (Wildman–Crippen MR) is 111 cm³/mol. The molecule has 1 amide bonds. The number of carbonyl (C=O) groups excluding carboxylic acids is 2. The van der Waals surface area contributed by atoms with E-state index >= 15 is 0 Å². The molecule has 2 heterocycles. The van der Waals surface area contributed by atoms with Gasteiger partial charge in [0, 0.05) is 23.6 Å². The summed E-state index contributed by atoms with van der Waals surface area (Å²) in [7, 11) is 0. The first kappa shape index (κ1) is 20.7. The second kappa shape index (κ2) is 7.61. The van der Waals surface area contributed by atoms with E-state index in [4.69, 9.17) is 25.5 Å². The third-order valence-corrected chi connectivity index (χ3v) is 5.68. The number of carbonyl (C=O) groups is 2. The third-order valence-electron chi connectivity index (χ3n) is 5.39. The fourth-order valence-corrected chi connectivity index (χ4v) is 4.29. The van der Waals surface area contributed by atoms with Gasteiger partial charge in [0.05, 0.1) is 5.02 Å². The molecule has 2 aromatic rings. The maximum Gasteiger partial charge on any atom is 0.411 e. The van der Waals surface area contributed by atoms with Crippen LogP contribution in [0, 0.1) is 0 Å². The number of likely N-dealkylation sites (tertiary alicyclic amines) is 1. The van der Waals surface area contributed by atoms with Gasteiger partial charge in [0.15, 0.2) is 5.75 Å². The molecule has 30 heavy (non-hydrogen) atoms. The Labute approximate surface area is 178 Å². The van der Waals surface area contributed by atoms with Gasteiger partial charge in [0.1, 0.15) is 17.2 Å². The molecule has 0 saturated carbocycles. The third kappa shape index (κ3) is 3.90. The summed E-state index contributed by atoms with van der Waals surface area (Å²) in [5.41, 5.74) is 0.966. The summed E-state index contributed by atoms with van der Waals surface area (Å²) in [6, 6.07) is 2.40. The monoisotopic (exact) mass is 433 g/mol. The van der Waals surface area contributed by atoms with E-state index in [1.165, 1.54) is 11.0 Å². The number of aryl methyl sites for hydroxylation is 1. The molecule has 160 valence electrons. The van der Waals surface area contributed by atoms with Crippen LogP contribution in [0.25, 0.3) is 11.0 Å². The zero-order valence-electron chi connectivity index (χ0n) is 17.2. The van der Waals surface area contributed by atoms with E-state index in [0.29, 0.717) is 37.0 Å². The molecular weight excluding hydrogens is 410 g/mol. The first-order valence-electron chi connectivity index (χ1n) is 10.1. The van der Waals surface area contributed by atoms with Crippen LogP contribution < -0.4 is 10.4 Å². The molecule has 1 saturated heterocycles. The van der Waals surface area contributed by atoms with Crippen molar-refractivity contribution < 1.29 is 23.5 Å². The fourth-order valence-electron chi connectivity index (χ4n) is 4.09. The molecule has 0 bridgehead atoms. The topological polar surface area (TPSA) is 86.1 Å². The molecule has 0 unspecified atom stereocenters. The Hall–Kier alpha value is -2.54. The Balaban J connectivity index is 1.58. The molecule has 1 aliphatic heterocycles. The van der Waals surface area contributed by atoms with E-state index in [-0.39, 0.29) is 16.4 Å². The molecule has 7 nitrogen and oxygen atoms in total. The number of fused-ring (bicyclic) bond motifs is 3. The maximum absolute atomic E-state index is 12.8. The average Bonchev–Trinajstić information content (AvgIpc) is 3.31. The van der Waals surface area contributed by atoms with Crippen molar-refractivity contribution in [1.29, 1.82) is 0 Å². The Morgan fingerprint density at radius 1 is 1.17 bits per heavy atom. The van der Waals surface area contributed by atoms with E-state index in [0.717, 1.165) is 23.8 Å². The normalized spacial score (nSPS) is 18.5. The zero-order valence-corrected chi connectivity index (χ0v) is 18.0. The number of hydrogen-bond donors (Lipinski definition) is 0. The number of rotatable bonds is 2. The molecule has 1 aromatic carbocycles. The lowest BCUT2D eigenvalue weighted by Gasteiger charge is -2.27. The minimum absolute atomic E-state index is 0.103. The highest BCUT2D eigenvalue weighted by atomic mass is 35.5. The lowest BCUT2D eigenvalue weighted by molar-refractivity contribution is -0.139. The molecule has 8 heteroatoms. The summed E-state index contributed by atoms with van der Waals surface area (Å²) < 4.78 is 16.3. The van der Waals surface area contributed by atoms with Crippen LogP contribution in [0.15, 0.2) is 21.3 Å². The molecule has 0 spiro atoms. The van der Waals surface area contributed by atoms with Gasteiger partial charge in [-0.2, -0.15) is 0 Å². The number of nitrogens with zero attached hydrogens (tertiary/aromatic N) is 1. The average molecular weight is 434 g/mol. The number of halogens is 1. The second-order valence-corrected chi connectivity index (χ2v) is 9.14. The van der Waals surface area contributed by atoms with Gasteiger partial charge in [0.2, 0.25) is 0 Å². The number of benzene rings is 1. The van der Waals surface area contributed by atoms with E-state index in [2.05, 4.69) is 0 Å². The van der Waals surface area contributed by atoms with Crippen molar-refractivity contribution in [3.8, 4) is 5.75 Å². The largest absolute Gasteiger partial charge is 0.444 e. The lowest BCUT2D eigenvalue weighted by atomic mass is 10.1. The van der Waals surface area contributed by atoms with Crippen LogP contribution >= 0.6 is 11.6 Å². The van der Waals surface area contributed by atoms with E-state index in [1.807, 2.05) is 0 Å². The number of amides is 1. The highest BCUT2D eigenvalue weighted by molar-refractivity contribution is 6.33. The summed E-state index contributed by atoms with van der Waals surface area (Å²) in [4.78, 5) is 38.9. The number of ether oxygens (including phenoxy) is 2. The van der Waals surface area contributed by atoms with E-state index in [9.17, 15) is 14.4 Å². The van der Waals surface area contributed by atoms with Gasteiger partial charge in [-0.25, -0.2) is 14.4 Å². The van der Waals surface area contributed by atoms with Gasteiger partial charge in [-0.15, -0.1) is 0 Å². The summed E-state index contributed by atoms with van der Waals surface area (Å²) in [5, 5.41) is 1.02. The smallest absolute Gasteiger partial charge is 0.411 e. The molecule has 1 aromatic heterocycles. The minimum Gasteiger partial charge on any atom is -0.444 e. The van der Waals surface area contributed by atoms with Crippen LogP contribution in [0.5, 0.6) is 5.75 Å². The Morgan fingerprint density at radius 2 is 1.90 bits per heavy atom. The summed E-state index contributed by atoms with van der Waals surface area (Å²) in [6.45, 7) is 5.73. The van der Waals surface area contributed by atoms with Crippen LogP contribution in [-0.4, -0.2) is 35.2 Å². The van der Waals surface area contributed by atoms with Crippen molar-refractivity contribution in [2.45, 2.75) is 64.5 Å². The lowest BCUT2D eigenvalue weighted by Crippen LogP contribution is -2.44. The van der Waals surface area contributed by atoms with Crippen LogP contribution in [-0.2, 0) is 22.4 Å². The van der Waals surface area contributed by atoms with Crippen LogP contribution in [0.3, 0.4) is 0 Å². The van der Waals surface area contributed by atoms with Gasteiger partial charge in [-0.1, -0.05) is 11.6 Å². The highest BCUT2D eigenvalue weighted by Gasteiger charge is 2.38. The Morgan fingerprint density at radius 3 is 2.63 bits per heavy atom. The molecule has 1 atom stereocenters. The molecule has 1 fully saturated rings. The molecule has 4 rings (SSSR count). The van der Waals surface area contributed by atoms with Gasteiger partial charge in [-0.05, 0) is 64.5 Å². The van der Waals surface area contributed by atoms with Gasteiger partial charge in [0.25, 0.3) is 0 Å². The molecule has 0 radical (unpaired) electrons. The van der Waals surface area contributed by atoms with Crippen molar-refractivity contribution in [1.82, 2.24) is 4.90 Å². The van der Waals surface area contributed by atoms with Crippen molar-refractivity contribution in [2.24, 2.45) is 0 Å². The molecule has 2 aliphatic rings. The fraction of sp³-hybridized carbons (Fsp3) is 0.500. The zero-order chi connectivity index (χ0) is 21.6. The molecule has 1 aliphatic carbocycles. The van der Waals surface area contributed by atoms with Gasteiger partial charge < -0.3 is 13.9 Å². The SMILES string of the molecule is CC(C)(C)OC(=O)N1CCC[C@@H]1C(=O)Oc1cc2oc(=O)c3c(c2cc1Cl)CCC3. The van der Waals surface area contributed by atoms with Crippen molar-refractivity contribution in [3.05, 3.63) is 38.7 Å². The first-order chi connectivity index (χ1) is 14.1. The Bertz CT molecular complexity index is 1080. The predicted octanol–water partition coefficient (Wildman–Crippen LogP) is 4.24. The van der Waals surface area contributed by atoms with Crippen LogP contribution in [0.4, 0.5) is 4.79 Å². The first-order valence-corrected chi connectivity index (χ1v) is 10.5. The second-order valence-electron chi connectivity index (χ2n) is 8.73. The van der Waals surface area contributed by atoms with Crippen LogP contribution in [0.2, 0.25) is 5.02 Å². The van der Waals surface area contributed by atoms with E-state index in [1.54, 1.807) is 26.8 Å². The van der Waals surface area contributed by atoms with Crippen molar-refractivity contribution in [3.63, 3.8) is 0 Å². The van der Waals surface area contributed by atoms with Crippen molar-refractivity contribution >= 4 is 34.6 Å². The van der Waals surface area contributed by atoms with Crippen LogP contribution in [0.1, 0.15) is 51.2 Å². The minimum atomic E-state index is -0.751. The molecule has 0 N–H and O–H groups in total. The highest BCUT2D eigenvalue weighted by Crippen LogP contribution is 2.35. The summed E-state index contributed by atoms with van der Waals surface area (Å²) >= 11 is 6.38. The standard InChI is InChI=1S/C22H24ClNO6/c1-22(2,3)30-21(27)24-9-5-8-16(24)20(26)29-18-11-17-14(10-15(18)23)12-6-4-7-13(12)19(25)28-17/h10-11,16H,4-9H2,1-3H3/t16-/m1/s1. The number of esters is 1. The Kier molecular flexibility index (Phi) is 5.26. The van der Waals surface area contributed by atoms with Gasteiger partial charge in [-0.3, -0.25) is 4.90 Å². The van der Waals surface area contributed by atoms with Gasteiger partial charge >= 0.3 is 17.7 Å².